The van der Waals surface area contributed by atoms with Gasteiger partial charge in [-0.15, -0.1) is 5.10 Å². The third kappa shape index (κ3) is 3.35. The molecule has 5 nitrogen and oxygen atoms in total. The van der Waals surface area contributed by atoms with Gasteiger partial charge in [0, 0.05) is 18.1 Å². The molecule has 3 rings (SSSR count). The molecule has 0 aliphatic carbocycles. The number of hydrogen-bond donors (Lipinski definition) is 0. The Kier molecular flexibility index (Phi) is 4.57. The van der Waals surface area contributed by atoms with Crippen LogP contribution >= 0.6 is 11.6 Å². The van der Waals surface area contributed by atoms with Crippen LogP contribution in [0.5, 0.6) is 0 Å². The summed E-state index contributed by atoms with van der Waals surface area (Å²) in [6, 6.07) is 15.2. The summed E-state index contributed by atoms with van der Waals surface area (Å²) in [7, 11) is 0. The molecule has 0 atom stereocenters. The fourth-order valence-electron chi connectivity index (χ4n) is 2.47. The number of aromatic nitrogens is 3. The molecule has 23 heavy (non-hydrogen) atoms. The maximum Gasteiger partial charge on any atom is 0.244 e. The quantitative estimate of drug-likeness (QED) is 0.723. The smallest absolute Gasteiger partial charge is 0.244 e. The first-order valence-electron chi connectivity index (χ1n) is 7.48. The van der Waals surface area contributed by atoms with Crippen molar-refractivity contribution < 1.29 is 4.79 Å². The average molecular weight is 329 g/mol. The van der Waals surface area contributed by atoms with Crippen molar-refractivity contribution >= 4 is 28.5 Å². The predicted molar refractivity (Wildman–Crippen MR) is 90.1 cm³/mol. The lowest BCUT2D eigenvalue weighted by Gasteiger charge is -2.21. The molecule has 0 radical (unpaired) electrons. The molecule has 0 bridgehead atoms. The van der Waals surface area contributed by atoms with Crippen molar-refractivity contribution in [3.63, 3.8) is 0 Å². The lowest BCUT2D eigenvalue weighted by Crippen LogP contribution is -2.33. The van der Waals surface area contributed by atoms with E-state index in [9.17, 15) is 4.79 Å². The molecule has 2 aromatic carbocycles. The van der Waals surface area contributed by atoms with E-state index in [4.69, 9.17) is 11.6 Å². The second-order valence-corrected chi connectivity index (χ2v) is 5.64. The van der Waals surface area contributed by atoms with Crippen molar-refractivity contribution in [3.8, 4) is 0 Å². The normalized spacial score (nSPS) is 10.9. The van der Waals surface area contributed by atoms with Gasteiger partial charge in [0.05, 0.1) is 5.52 Å². The van der Waals surface area contributed by atoms with Crippen LogP contribution in [0.1, 0.15) is 12.5 Å². The van der Waals surface area contributed by atoms with Crippen molar-refractivity contribution in [1.29, 1.82) is 0 Å². The van der Waals surface area contributed by atoms with Gasteiger partial charge in [0.2, 0.25) is 5.91 Å². The van der Waals surface area contributed by atoms with Gasteiger partial charge in [-0.05, 0) is 30.7 Å². The zero-order chi connectivity index (χ0) is 16.2. The van der Waals surface area contributed by atoms with E-state index >= 15 is 0 Å². The van der Waals surface area contributed by atoms with Crippen LogP contribution in [-0.4, -0.2) is 32.3 Å². The largest absolute Gasteiger partial charge is 0.337 e. The molecule has 1 aromatic heterocycles. The maximum atomic E-state index is 12.6. The summed E-state index contributed by atoms with van der Waals surface area (Å²) in [5.74, 6) is -0.0110. The van der Waals surface area contributed by atoms with Gasteiger partial charge in [0.15, 0.2) is 0 Å². The number of carbonyl (C=O) groups excluding carboxylic acids is 1. The molecule has 0 unspecified atom stereocenters. The number of halogens is 1. The molecule has 1 heterocycles. The van der Waals surface area contributed by atoms with Crippen LogP contribution in [-0.2, 0) is 17.9 Å². The third-order valence-corrected chi connectivity index (χ3v) is 4.13. The first-order chi connectivity index (χ1) is 11.2. The Hall–Kier alpha value is -2.40. The Balaban J connectivity index is 1.77. The number of rotatable bonds is 5. The summed E-state index contributed by atoms with van der Waals surface area (Å²) in [6.45, 7) is 3.21. The van der Waals surface area contributed by atoms with Crippen LogP contribution < -0.4 is 0 Å². The minimum atomic E-state index is -0.0110. The Morgan fingerprint density at radius 3 is 2.70 bits per heavy atom. The van der Waals surface area contributed by atoms with E-state index in [1.165, 1.54) is 0 Å². The van der Waals surface area contributed by atoms with Gasteiger partial charge in [-0.3, -0.25) is 4.79 Å². The number of amides is 1. The second-order valence-electron chi connectivity index (χ2n) is 5.24. The monoisotopic (exact) mass is 328 g/mol. The Morgan fingerprint density at radius 1 is 1.17 bits per heavy atom. The summed E-state index contributed by atoms with van der Waals surface area (Å²) in [6.07, 6.45) is 0. The van der Waals surface area contributed by atoms with Crippen LogP contribution in [0.15, 0.2) is 48.5 Å². The molecule has 0 saturated carbocycles. The van der Waals surface area contributed by atoms with Crippen molar-refractivity contribution in [2.45, 2.75) is 20.0 Å². The van der Waals surface area contributed by atoms with E-state index < -0.39 is 0 Å². The molecule has 0 aliphatic rings. The van der Waals surface area contributed by atoms with E-state index in [2.05, 4.69) is 10.3 Å². The van der Waals surface area contributed by atoms with E-state index in [1.807, 2.05) is 55.5 Å². The summed E-state index contributed by atoms with van der Waals surface area (Å²) in [5.41, 5.74) is 2.58. The van der Waals surface area contributed by atoms with Crippen LogP contribution in [0.4, 0.5) is 0 Å². The van der Waals surface area contributed by atoms with Gasteiger partial charge in [0.25, 0.3) is 0 Å². The van der Waals surface area contributed by atoms with Gasteiger partial charge in [-0.25, -0.2) is 4.68 Å². The van der Waals surface area contributed by atoms with E-state index in [0.29, 0.717) is 18.1 Å². The van der Waals surface area contributed by atoms with Crippen LogP contribution in [0.3, 0.4) is 0 Å². The topological polar surface area (TPSA) is 51.0 Å². The minimum Gasteiger partial charge on any atom is -0.337 e. The van der Waals surface area contributed by atoms with Gasteiger partial charge < -0.3 is 4.90 Å². The standard InChI is InChI=1S/C17H17ClN4O/c1-2-21(11-13-7-3-4-8-14(13)18)17(23)12-22-16-10-6-5-9-15(16)19-20-22/h3-10H,2,11-12H2,1H3. The molecule has 0 N–H and O–H groups in total. The lowest BCUT2D eigenvalue weighted by molar-refractivity contribution is -0.132. The van der Waals surface area contributed by atoms with E-state index in [-0.39, 0.29) is 12.5 Å². The highest BCUT2D eigenvalue weighted by Crippen LogP contribution is 2.17. The number of benzene rings is 2. The molecule has 0 spiro atoms. The number of hydrogen-bond acceptors (Lipinski definition) is 3. The summed E-state index contributed by atoms with van der Waals surface area (Å²) in [4.78, 5) is 14.4. The van der Waals surface area contributed by atoms with Crippen LogP contribution in [0, 0.1) is 0 Å². The van der Waals surface area contributed by atoms with Crippen molar-refractivity contribution in [2.75, 3.05) is 6.54 Å². The molecule has 0 saturated heterocycles. The Morgan fingerprint density at radius 2 is 1.91 bits per heavy atom. The van der Waals surface area contributed by atoms with Gasteiger partial charge in [-0.1, -0.05) is 47.1 Å². The molecule has 1 amide bonds. The molecule has 118 valence electrons. The number of para-hydroxylation sites is 1. The summed E-state index contributed by atoms with van der Waals surface area (Å²) < 4.78 is 1.63. The lowest BCUT2D eigenvalue weighted by atomic mass is 10.2. The van der Waals surface area contributed by atoms with Crippen LogP contribution in [0.2, 0.25) is 5.02 Å². The fraction of sp³-hybridized carbons (Fsp3) is 0.235. The predicted octanol–water partition coefficient (Wildman–Crippen LogP) is 3.13. The zero-order valence-electron chi connectivity index (χ0n) is 12.8. The SMILES string of the molecule is CCN(Cc1ccccc1Cl)C(=O)Cn1nnc2ccccc21. The minimum absolute atomic E-state index is 0.0110. The van der Waals surface area contributed by atoms with Crippen molar-refractivity contribution in [1.82, 2.24) is 19.9 Å². The number of nitrogens with zero attached hydrogens (tertiary/aromatic N) is 4. The Labute approximate surface area is 139 Å². The highest BCUT2D eigenvalue weighted by Gasteiger charge is 2.16. The second kappa shape index (κ2) is 6.79. The molecule has 0 fully saturated rings. The molecular weight excluding hydrogens is 312 g/mol. The number of likely N-dealkylation sites (N-methyl/N-ethyl adjacent to an activating group) is 1. The summed E-state index contributed by atoms with van der Waals surface area (Å²) in [5, 5.41) is 8.82. The van der Waals surface area contributed by atoms with Gasteiger partial charge >= 0.3 is 0 Å². The van der Waals surface area contributed by atoms with Crippen LogP contribution in [0.25, 0.3) is 11.0 Å². The highest BCUT2D eigenvalue weighted by molar-refractivity contribution is 6.31. The highest BCUT2D eigenvalue weighted by atomic mass is 35.5. The average Bonchev–Trinajstić information content (AvgIpc) is 2.97. The summed E-state index contributed by atoms with van der Waals surface area (Å²) >= 11 is 6.19. The number of carbonyl (C=O) groups is 1. The van der Waals surface area contributed by atoms with Crippen molar-refractivity contribution in [3.05, 3.63) is 59.1 Å². The van der Waals surface area contributed by atoms with Gasteiger partial charge in [0.1, 0.15) is 12.1 Å². The molecule has 0 aliphatic heterocycles. The Bertz CT molecular complexity index is 830. The zero-order valence-corrected chi connectivity index (χ0v) is 13.6. The fourth-order valence-corrected chi connectivity index (χ4v) is 2.67. The van der Waals surface area contributed by atoms with E-state index in [0.717, 1.165) is 16.6 Å². The van der Waals surface area contributed by atoms with Gasteiger partial charge in [-0.2, -0.15) is 0 Å². The molecular formula is C17H17ClN4O. The third-order valence-electron chi connectivity index (χ3n) is 3.76. The van der Waals surface area contributed by atoms with Crippen molar-refractivity contribution in [2.24, 2.45) is 0 Å². The first-order valence-corrected chi connectivity index (χ1v) is 7.86. The molecule has 6 heteroatoms. The maximum absolute atomic E-state index is 12.6. The first kappa shape index (κ1) is 15.5. The van der Waals surface area contributed by atoms with E-state index in [1.54, 1.807) is 9.58 Å². The molecule has 3 aromatic rings. The number of fused-ring (bicyclic) bond motifs is 1.